The zero-order chi connectivity index (χ0) is 13.0. The summed E-state index contributed by atoms with van der Waals surface area (Å²) in [6.07, 6.45) is 5.12. The molecule has 0 saturated carbocycles. The fourth-order valence-corrected chi connectivity index (χ4v) is 2.47. The van der Waals surface area contributed by atoms with Crippen LogP contribution in [0.1, 0.15) is 51.5 Å². The Kier molecular flexibility index (Phi) is 4.58. The Labute approximate surface area is 109 Å². The van der Waals surface area contributed by atoms with Crippen molar-refractivity contribution in [3.63, 3.8) is 0 Å². The second kappa shape index (κ2) is 6.18. The van der Waals surface area contributed by atoms with Crippen molar-refractivity contribution in [2.75, 3.05) is 25.0 Å². The van der Waals surface area contributed by atoms with Crippen LogP contribution in [0.25, 0.3) is 0 Å². The molecule has 0 spiro atoms. The van der Waals surface area contributed by atoms with Crippen molar-refractivity contribution in [3.05, 3.63) is 5.89 Å². The van der Waals surface area contributed by atoms with Crippen molar-refractivity contribution < 1.29 is 4.42 Å². The lowest BCUT2D eigenvalue weighted by Crippen LogP contribution is -2.33. The number of anilines is 1. The molecule has 2 heterocycles. The van der Waals surface area contributed by atoms with Crippen LogP contribution < -0.4 is 10.2 Å². The van der Waals surface area contributed by atoms with Gasteiger partial charge in [0.25, 0.3) is 0 Å². The van der Waals surface area contributed by atoms with E-state index in [0.717, 1.165) is 19.0 Å². The standard InChI is InChI=1S/C13H24N4O/c1-4-5-11-6-8-17(9-7-11)13-16-15-12(18-13)10(2)14-3/h10-11,14H,4-9H2,1-3H3. The minimum atomic E-state index is 0.115. The first-order chi connectivity index (χ1) is 8.74. The predicted octanol–water partition coefficient (Wildman–Crippen LogP) is 2.37. The van der Waals surface area contributed by atoms with Gasteiger partial charge in [0.1, 0.15) is 0 Å². The molecule has 1 fully saturated rings. The van der Waals surface area contributed by atoms with Crippen LogP contribution in [0, 0.1) is 5.92 Å². The number of hydrogen-bond donors (Lipinski definition) is 1. The number of hydrogen-bond acceptors (Lipinski definition) is 5. The highest BCUT2D eigenvalue weighted by Gasteiger charge is 2.23. The van der Waals surface area contributed by atoms with Gasteiger partial charge in [-0.15, -0.1) is 5.10 Å². The molecule has 0 aromatic carbocycles. The van der Waals surface area contributed by atoms with Gasteiger partial charge in [-0.3, -0.25) is 0 Å². The van der Waals surface area contributed by atoms with Crippen LogP contribution in [-0.2, 0) is 0 Å². The maximum atomic E-state index is 5.71. The maximum absolute atomic E-state index is 5.71. The van der Waals surface area contributed by atoms with Gasteiger partial charge in [-0.2, -0.15) is 0 Å². The van der Waals surface area contributed by atoms with Gasteiger partial charge in [0.2, 0.25) is 5.89 Å². The van der Waals surface area contributed by atoms with Gasteiger partial charge >= 0.3 is 6.01 Å². The zero-order valence-corrected chi connectivity index (χ0v) is 11.6. The van der Waals surface area contributed by atoms with Gasteiger partial charge in [-0.05, 0) is 32.7 Å². The summed E-state index contributed by atoms with van der Waals surface area (Å²) in [5.74, 6) is 1.55. The number of aromatic nitrogens is 2. The highest BCUT2D eigenvalue weighted by molar-refractivity contribution is 5.25. The van der Waals surface area contributed by atoms with Gasteiger partial charge in [0, 0.05) is 13.1 Å². The average molecular weight is 252 g/mol. The summed E-state index contributed by atoms with van der Waals surface area (Å²) in [5.41, 5.74) is 0. The van der Waals surface area contributed by atoms with Crippen LogP contribution in [-0.4, -0.2) is 30.3 Å². The average Bonchev–Trinajstić information content (AvgIpc) is 2.89. The van der Waals surface area contributed by atoms with Crippen molar-refractivity contribution in [2.24, 2.45) is 5.92 Å². The summed E-state index contributed by atoms with van der Waals surface area (Å²) in [4.78, 5) is 2.21. The Morgan fingerprint density at radius 2 is 2.11 bits per heavy atom. The first-order valence-electron chi connectivity index (χ1n) is 7.00. The molecule has 1 saturated heterocycles. The van der Waals surface area contributed by atoms with E-state index >= 15 is 0 Å². The highest BCUT2D eigenvalue weighted by atomic mass is 16.4. The summed E-state index contributed by atoms with van der Waals surface area (Å²) in [7, 11) is 1.89. The maximum Gasteiger partial charge on any atom is 0.318 e. The lowest BCUT2D eigenvalue weighted by molar-refractivity contribution is 0.357. The topological polar surface area (TPSA) is 54.2 Å². The fraction of sp³-hybridized carbons (Fsp3) is 0.846. The van der Waals surface area contributed by atoms with Crippen LogP contribution in [0.15, 0.2) is 4.42 Å². The summed E-state index contributed by atoms with van der Waals surface area (Å²) < 4.78 is 5.71. The first-order valence-corrected chi connectivity index (χ1v) is 7.00. The van der Waals surface area contributed by atoms with Crippen LogP contribution in [0.2, 0.25) is 0 Å². The summed E-state index contributed by atoms with van der Waals surface area (Å²) in [5, 5.41) is 11.4. The van der Waals surface area contributed by atoms with Crippen molar-refractivity contribution in [3.8, 4) is 0 Å². The van der Waals surface area contributed by atoms with Crippen LogP contribution in [0.5, 0.6) is 0 Å². The van der Waals surface area contributed by atoms with E-state index in [-0.39, 0.29) is 6.04 Å². The molecule has 5 nitrogen and oxygen atoms in total. The normalized spacial score (nSPS) is 19.2. The predicted molar refractivity (Wildman–Crippen MR) is 71.6 cm³/mol. The second-order valence-electron chi connectivity index (χ2n) is 5.15. The lowest BCUT2D eigenvalue weighted by Gasteiger charge is -2.30. The minimum absolute atomic E-state index is 0.115. The third kappa shape index (κ3) is 3.02. The number of rotatable bonds is 5. The molecule has 1 aromatic rings. The van der Waals surface area contributed by atoms with E-state index < -0.39 is 0 Å². The quantitative estimate of drug-likeness (QED) is 0.872. The smallest absolute Gasteiger partial charge is 0.318 e. The zero-order valence-electron chi connectivity index (χ0n) is 11.6. The van der Waals surface area contributed by atoms with E-state index in [9.17, 15) is 0 Å². The van der Waals surface area contributed by atoms with E-state index in [4.69, 9.17) is 4.42 Å². The van der Waals surface area contributed by atoms with Crippen molar-refractivity contribution >= 4 is 6.01 Å². The van der Waals surface area contributed by atoms with Gasteiger partial charge in [-0.1, -0.05) is 24.9 Å². The molecule has 1 aromatic heterocycles. The van der Waals surface area contributed by atoms with Gasteiger partial charge in [-0.25, -0.2) is 0 Å². The molecular weight excluding hydrogens is 228 g/mol. The molecule has 1 atom stereocenters. The summed E-state index contributed by atoms with van der Waals surface area (Å²) >= 11 is 0. The fourth-order valence-electron chi connectivity index (χ4n) is 2.47. The molecule has 2 rings (SSSR count). The van der Waals surface area contributed by atoms with Crippen molar-refractivity contribution in [1.29, 1.82) is 0 Å². The third-order valence-electron chi connectivity index (χ3n) is 3.82. The molecule has 102 valence electrons. The highest BCUT2D eigenvalue weighted by Crippen LogP contribution is 2.25. The van der Waals surface area contributed by atoms with E-state index in [1.807, 2.05) is 14.0 Å². The van der Waals surface area contributed by atoms with E-state index in [0.29, 0.717) is 11.9 Å². The van der Waals surface area contributed by atoms with Crippen LogP contribution in [0.4, 0.5) is 6.01 Å². The SMILES string of the molecule is CCCC1CCN(c2nnc(C(C)NC)o2)CC1. The number of nitrogens with one attached hydrogen (secondary N) is 1. The molecule has 1 aliphatic heterocycles. The molecule has 0 aliphatic carbocycles. The van der Waals surface area contributed by atoms with Crippen molar-refractivity contribution in [2.45, 2.75) is 45.6 Å². The Morgan fingerprint density at radius 1 is 1.39 bits per heavy atom. The second-order valence-corrected chi connectivity index (χ2v) is 5.15. The molecular formula is C13H24N4O. The largest absolute Gasteiger partial charge is 0.406 e. The number of piperidine rings is 1. The molecule has 1 aliphatic rings. The molecule has 1 unspecified atom stereocenters. The Bertz CT molecular complexity index is 358. The van der Waals surface area contributed by atoms with E-state index in [1.54, 1.807) is 0 Å². The Morgan fingerprint density at radius 3 is 2.72 bits per heavy atom. The monoisotopic (exact) mass is 252 g/mol. The molecule has 0 bridgehead atoms. The lowest BCUT2D eigenvalue weighted by atomic mass is 9.93. The van der Waals surface area contributed by atoms with Crippen LogP contribution in [0.3, 0.4) is 0 Å². The Balaban J connectivity index is 1.91. The molecule has 0 radical (unpaired) electrons. The van der Waals surface area contributed by atoms with E-state index in [2.05, 4.69) is 27.3 Å². The number of nitrogens with zero attached hydrogens (tertiary/aromatic N) is 3. The summed E-state index contributed by atoms with van der Waals surface area (Å²) in [6, 6.07) is 0.797. The Hall–Kier alpha value is -1.10. The third-order valence-corrected chi connectivity index (χ3v) is 3.82. The molecule has 0 amide bonds. The molecule has 18 heavy (non-hydrogen) atoms. The minimum Gasteiger partial charge on any atom is -0.406 e. The van der Waals surface area contributed by atoms with Gasteiger partial charge in [0.15, 0.2) is 0 Å². The van der Waals surface area contributed by atoms with E-state index in [1.165, 1.54) is 25.7 Å². The van der Waals surface area contributed by atoms with Crippen molar-refractivity contribution in [1.82, 2.24) is 15.5 Å². The molecule has 1 N–H and O–H groups in total. The van der Waals surface area contributed by atoms with Crippen LogP contribution >= 0.6 is 0 Å². The summed E-state index contributed by atoms with van der Waals surface area (Å²) in [6.45, 7) is 6.36. The van der Waals surface area contributed by atoms with Gasteiger partial charge < -0.3 is 14.6 Å². The first kappa shape index (κ1) is 13.3. The van der Waals surface area contributed by atoms with Gasteiger partial charge in [0.05, 0.1) is 6.04 Å². The molecule has 5 heteroatoms.